The maximum atomic E-state index is 13.3. The number of halogens is 2. The third-order valence-corrected chi connectivity index (χ3v) is 2.37. The molecule has 0 spiro atoms. The molecule has 0 fully saturated rings. The van der Waals surface area contributed by atoms with Crippen LogP contribution < -0.4 is 0 Å². The number of carbonyl (C=O) groups is 1. The first kappa shape index (κ1) is 15.0. The second kappa shape index (κ2) is 6.77. The van der Waals surface area contributed by atoms with Crippen molar-refractivity contribution in [2.24, 2.45) is 0 Å². The molecule has 0 radical (unpaired) electrons. The highest BCUT2D eigenvalue weighted by Gasteiger charge is 2.22. The smallest absolute Gasteiger partial charge is 0.340 e. The summed E-state index contributed by atoms with van der Waals surface area (Å²) in [4.78, 5) is 20.6. The van der Waals surface area contributed by atoms with E-state index in [-0.39, 0.29) is 18.6 Å². The maximum Gasteiger partial charge on any atom is 0.340 e. The molecule has 0 aliphatic heterocycles. The lowest BCUT2D eigenvalue weighted by atomic mass is 10.1. The fourth-order valence-electron chi connectivity index (χ4n) is 1.44. The first-order valence-corrected chi connectivity index (χ1v) is 5.73. The van der Waals surface area contributed by atoms with Crippen LogP contribution in [-0.4, -0.2) is 17.5 Å². The van der Waals surface area contributed by atoms with Gasteiger partial charge in [-0.15, -0.1) is 0 Å². The van der Waals surface area contributed by atoms with E-state index in [2.05, 4.69) is 0 Å². The number of esters is 1. The third-order valence-electron chi connectivity index (χ3n) is 2.37. The van der Waals surface area contributed by atoms with E-state index in [9.17, 15) is 23.7 Å². The minimum atomic E-state index is -1.30. The van der Waals surface area contributed by atoms with Crippen LogP contribution in [0.25, 0.3) is 0 Å². The molecule has 0 saturated carbocycles. The van der Waals surface area contributed by atoms with E-state index < -0.39 is 28.2 Å². The van der Waals surface area contributed by atoms with Gasteiger partial charge in [-0.1, -0.05) is 13.3 Å². The lowest BCUT2D eigenvalue weighted by molar-refractivity contribution is -0.390. The molecular weight excluding hydrogens is 260 g/mol. The summed E-state index contributed by atoms with van der Waals surface area (Å²) in [7, 11) is 0. The number of nitrogens with zero attached hydrogens (tertiary/aromatic N) is 1. The molecule has 104 valence electrons. The van der Waals surface area contributed by atoms with Gasteiger partial charge in [-0.2, -0.15) is 8.78 Å². The second-order valence-electron chi connectivity index (χ2n) is 3.92. The van der Waals surface area contributed by atoms with Gasteiger partial charge in [0.05, 0.1) is 18.0 Å². The predicted molar refractivity (Wildman–Crippen MR) is 62.6 cm³/mol. The van der Waals surface area contributed by atoms with Crippen molar-refractivity contribution < 1.29 is 23.2 Å². The molecule has 0 bridgehead atoms. The molecule has 0 aromatic heterocycles. The van der Waals surface area contributed by atoms with Crippen LogP contribution in [0.5, 0.6) is 0 Å². The Morgan fingerprint density at radius 1 is 1.37 bits per heavy atom. The van der Waals surface area contributed by atoms with E-state index in [0.717, 1.165) is 18.6 Å². The Kier molecular flexibility index (Phi) is 5.35. The average Bonchev–Trinajstić information content (AvgIpc) is 2.27. The highest BCUT2D eigenvalue weighted by atomic mass is 19.1. The number of ether oxygens (including phenoxy) is 1. The second-order valence-corrected chi connectivity index (χ2v) is 3.92. The van der Waals surface area contributed by atoms with Gasteiger partial charge in [-0.3, -0.25) is 14.9 Å². The zero-order valence-electron chi connectivity index (χ0n) is 10.3. The van der Waals surface area contributed by atoms with E-state index in [1.807, 2.05) is 6.92 Å². The highest BCUT2D eigenvalue weighted by Crippen LogP contribution is 2.23. The Morgan fingerprint density at radius 2 is 1.95 bits per heavy atom. The summed E-state index contributed by atoms with van der Waals surface area (Å²) in [5.74, 6) is -3.23. The van der Waals surface area contributed by atoms with E-state index >= 15 is 0 Å². The van der Waals surface area contributed by atoms with Crippen LogP contribution in [0, 0.1) is 21.7 Å². The number of rotatable bonds is 6. The van der Waals surface area contributed by atoms with E-state index in [1.165, 1.54) is 0 Å². The molecule has 19 heavy (non-hydrogen) atoms. The quantitative estimate of drug-likeness (QED) is 0.346. The Balaban J connectivity index is 2.75. The Bertz CT molecular complexity index is 468. The number of unbranched alkanes of at least 4 members (excludes halogenated alkanes) is 1. The van der Waals surface area contributed by atoms with Crippen LogP contribution in [0.15, 0.2) is 12.1 Å². The normalized spacial score (nSPS) is 10.3. The van der Waals surface area contributed by atoms with E-state index in [4.69, 9.17) is 4.74 Å². The number of carbonyl (C=O) groups excluding carboxylic acids is 1. The number of nitro groups is 1. The predicted octanol–water partition coefficient (Wildman–Crippen LogP) is 2.76. The summed E-state index contributed by atoms with van der Waals surface area (Å²) in [6.07, 6.45) is 1.23. The Hall–Kier alpha value is -2.05. The molecule has 0 saturated heterocycles. The zero-order valence-corrected chi connectivity index (χ0v) is 10.3. The van der Waals surface area contributed by atoms with Gasteiger partial charge in [-0.05, 0) is 24.1 Å². The number of hydrogen-bond donors (Lipinski definition) is 0. The molecule has 5 nitrogen and oxygen atoms in total. The molecule has 0 atom stereocenters. The van der Waals surface area contributed by atoms with Gasteiger partial charge >= 0.3 is 11.7 Å². The molecule has 0 aliphatic carbocycles. The van der Waals surface area contributed by atoms with E-state index in [1.54, 1.807) is 0 Å². The highest BCUT2D eigenvalue weighted by molar-refractivity contribution is 5.72. The summed E-state index contributed by atoms with van der Waals surface area (Å²) >= 11 is 0. The average molecular weight is 273 g/mol. The van der Waals surface area contributed by atoms with Crippen LogP contribution in [0.1, 0.15) is 25.3 Å². The first-order chi connectivity index (χ1) is 8.95. The molecule has 7 heteroatoms. The van der Waals surface area contributed by atoms with Gasteiger partial charge in [0.15, 0.2) is 0 Å². The topological polar surface area (TPSA) is 69.4 Å². The molecule has 0 unspecified atom stereocenters. The van der Waals surface area contributed by atoms with Gasteiger partial charge in [-0.25, -0.2) is 0 Å². The van der Waals surface area contributed by atoms with E-state index in [0.29, 0.717) is 6.42 Å². The molecule has 0 aliphatic rings. The SMILES string of the molecule is CCCCOC(=O)Cc1cc(F)c([N+](=O)[O-])c(F)c1. The third kappa shape index (κ3) is 4.27. The van der Waals surface area contributed by atoms with Crippen molar-refractivity contribution in [3.63, 3.8) is 0 Å². The lowest BCUT2D eigenvalue weighted by Gasteiger charge is -2.04. The van der Waals surface area contributed by atoms with Crippen molar-refractivity contribution in [3.8, 4) is 0 Å². The zero-order chi connectivity index (χ0) is 14.4. The molecule has 1 aromatic carbocycles. The van der Waals surface area contributed by atoms with Crippen LogP contribution in [0.2, 0.25) is 0 Å². The van der Waals surface area contributed by atoms with Gasteiger partial charge in [0.1, 0.15) is 0 Å². The summed E-state index contributed by atoms with van der Waals surface area (Å²) in [6.45, 7) is 2.17. The van der Waals surface area contributed by atoms with Crippen LogP contribution in [0.4, 0.5) is 14.5 Å². The van der Waals surface area contributed by atoms with Crippen molar-refractivity contribution in [1.82, 2.24) is 0 Å². The monoisotopic (exact) mass is 273 g/mol. The van der Waals surface area contributed by atoms with Gasteiger partial charge in [0, 0.05) is 0 Å². The number of hydrogen-bond acceptors (Lipinski definition) is 4. The summed E-state index contributed by atoms with van der Waals surface area (Å²) in [5, 5.41) is 10.4. The largest absolute Gasteiger partial charge is 0.465 e. The first-order valence-electron chi connectivity index (χ1n) is 5.73. The van der Waals surface area contributed by atoms with Crippen molar-refractivity contribution in [1.29, 1.82) is 0 Å². The fraction of sp³-hybridized carbons (Fsp3) is 0.417. The van der Waals surface area contributed by atoms with Gasteiger partial charge in [0.2, 0.25) is 11.6 Å². The minimum Gasteiger partial charge on any atom is -0.465 e. The van der Waals surface area contributed by atoms with Crippen molar-refractivity contribution >= 4 is 11.7 Å². The van der Waals surface area contributed by atoms with Crippen LogP contribution >= 0.6 is 0 Å². The molecular formula is C12H13F2NO4. The van der Waals surface area contributed by atoms with Gasteiger partial charge < -0.3 is 4.74 Å². The standard InChI is InChI=1S/C12H13F2NO4/c1-2-3-4-19-11(16)7-8-5-9(13)12(15(17)18)10(14)6-8/h5-6H,2-4,7H2,1H3. The Labute approximate surface area is 108 Å². The number of nitro benzene ring substituents is 1. The van der Waals surface area contributed by atoms with Crippen LogP contribution in [0.3, 0.4) is 0 Å². The van der Waals surface area contributed by atoms with Crippen molar-refractivity contribution in [3.05, 3.63) is 39.4 Å². The number of benzene rings is 1. The molecule has 0 heterocycles. The summed E-state index contributed by atoms with van der Waals surface area (Å²) in [6, 6.07) is 1.53. The molecule has 0 amide bonds. The minimum absolute atomic E-state index is 0.00194. The molecule has 1 rings (SSSR count). The maximum absolute atomic E-state index is 13.3. The van der Waals surface area contributed by atoms with Crippen molar-refractivity contribution in [2.75, 3.05) is 6.61 Å². The van der Waals surface area contributed by atoms with Crippen LogP contribution in [-0.2, 0) is 16.0 Å². The lowest BCUT2D eigenvalue weighted by Crippen LogP contribution is -2.10. The summed E-state index contributed by atoms with van der Waals surface area (Å²) < 4.78 is 31.4. The van der Waals surface area contributed by atoms with Gasteiger partial charge in [0.25, 0.3) is 0 Å². The molecule has 0 N–H and O–H groups in total. The molecule has 1 aromatic rings. The fourth-order valence-corrected chi connectivity index (χ4v) is 1.44. The summed E-state index contributed by atoms with van der Waals surface area (Å²) in [5.41, 5.74) is -1.22. The van der Waals surface area contributed by atoms with Crippen molar-refractivity contribution in [2.45, 2.75) is 26.2 Å². The Morgan fingerprint density at radius 3 is 2.42 bits per heavy atom.